The van der Waals surface area contributed by atoms with Crippen molar-refractivity contribution in [3.63, 3.8) is 0 Å². The van der Waals surface area contributed by atoms with Crippen molar-refractivity contribution in [1.29, 1.82) is 0 Å². The summed E-state index contributed by atoms with van der Waals surface area (Å²) in [7, 11) is 4.45. The predicted octanol–water partition coefficient (Wildman–Crippen LogP) is -0.0867. The van der Waals surface area contributed by atoms with Gasteiger partial charge in [-0.1, -0.05) is 0 Å². The Bertz CT molecular complexity index is 378. The number of methoxy groups -OCH3 is 3. The Morgan fingerprint density at radius 2 is 2.24 bits per heavy atom. The van der Waals surface area contributed by atoms with Crippen LogP contribution < -0.4 is 5.73 Å². The van der Waals surface area contributed by atoms with Crippen molar-refractivity contribution in [3.05, 3.63) is 12.0 Å². The maximum atomic E-state index is 11.3. The molecule has 17 heavy (non-hydrogen) atoms. The summed E-state index contributed by atoms with van der Waals surface area (Å²) >= 11 is 0. The molecule has 1 unspecified atom stereocenters. The summed E-state index contributed by atoms with van der Waals surface area (Å²) in [5.41, 5.74) is 5.89. The van der Waals surface area contributed by atoms with E-state index in [9.17, 15) is 4.79 Å². The van der Waals surface area contributed by atoms with E-state index in [0.717, 1.165) is 0 Å². The number of hydrogen-bond donors (Lipinski definition) is 1. The number of rotatable bonds is 6. The zero-order chi connectivity index (χ0) is 12.8. The Hall–Kier alpha value is -1.60. The lowest BCUT2D eigenvalue weighted by Crippen LogP contribution is -2.24. The van der Waals surface area contributed by atoms with Crippen LogP contribution in [0.4, 0.5) is 5.82 Å². The molecular formula is C10H17N3O4. The van der Waals surface area contributed by atoms with Crippen LogP contribution >= 0.6 is 0 Å². The third-order valence-corrected chi connectivity index (χ3v) is 2.34. The SMILES string of the molecule is COCC(Cn1cnc(C(=O)OC)c1N)OC. The third kappa shape index (κ3) is 3.18. The Morgan fingerprint density at radius 1 is 1.53 bits per heavy atom. The number of carbonyl (C=O) groups is 1. The van der Waals surface area contributed by atoms with Gasteiger partial charge in [0.05, 0.1) is 32.7 Å². The molecule has 0 saturated heterocycles. The first kappa shape index (κ1) is 13.5. The van der Waals surface area contributed by atoms with Gasteiger partial charge in [0.1, 0.15) is 5.82 Å². The summed E-state index contributed by atoms with van der Waals surface area (Å²) in [4.78, 5) is 15.2. The second kappa shape index (κ2) is 6.21. The van der Waals surface area contributed by atoms with Gasteiger partial charge in [0.2, 0.25) is 0 Å². The lowest BCUT2D eigenvalue weighted by molar-refractivity contribution is 0.0186. The normalized spacial score (nSPS) is 12.4. The number of anilines is 1. The molecule has 0 fully saturated rings. The van der Waals surface area contributed by atoms with Crippen LogP contribution in [0.1, 0.15) is 10.5 Å². The monoisotopic (exact) mass is 243 g/mol. The number of nitrogens with zero attached hydrogens (tertiary/aromatic N) is 2. The highest BCUT2D eigenvalue weighted by Gasteiger charge is 2.18. The van der Waals surface area contributed by atoms with Gasteiger partial charge in [-0.15, -0.1) is 0 Å². The number of carbonyl (C=O) groups excluding carboxylic acids is 1. The number of imidazole rings is 1. The molecule has 0 aliphatic heterocycles. The Kier molecular flexibility index (Phi) is 4.92. The highest BCUT2D eigenvalue weighted by molar-refractivity contribution is 5.91. The van der Waals surface area contributed by atoms with Gasteiger partial charge >= 0.3 is 5.97 Å². The predicted molar refractivity (Wildman–Crippen MR) is 60.7 cm³/mol. The first-order valence-electron chi connectivity index (χ1n) is 5.04. The largest absolute Gasteiger partial charge is 0.464 e. The lowest BCUT2D eigenvalue weighted by Gasteiger charge is -2.15. The number of nitrogen functional groups attached to an aromatic ring is 1. The number of hydrogen-bond acceptors (Lipinski definition) is 6. The van der Waals surface area contributed by atoms with E-state index in [1.807, 2.05) is 0 Å². The Morgan fingerprint density at radius 3 is 2.76 bits per heavy atom. The van der Waals surface area contributed by atoms with E-state index in [4.69, 9.17) is 15.2 Å². The van der Waals surface area contributed by atoms with E-state index < -0.39 is 5.97 Å². The molecular weight excluding hydrogens is 226 g/mol. The zero-order valence-electron chi connectivity index (χ0n) is 10.2. The minimum absolute atomic E-state index is 0.111. The number of ether oxygens (including phenoxy) is 3. The minimum Gasteiger partial charge on any atom is -0.464 e. The van der Waals surface area contributed by atoms with Crippen molar-refractivity contribution < 1.29 is 19.0 Å². The van der Waals surface area contributed by atoms with Crippen LogP contribution in [-0.4, -0.2) is 49.6 Å². The van der Waals surface area contributed by atoms with Crippen LogP contribution in [0.15, 0.2) is 6.33 Å². The van der Waals surface area contributed by atoms with E-state index >= 15 is 0 Å². The van der Waals surface area contributed by atoms with Crippen molar-refractivity contribution in [2.24, 2.45) is 0 Å². The molecule has 1 atom stereocenters. The van der Waals surface area contributed by atoms with Crippen LogP contribution in [-0.2, 0) is 20.8 Å². The summed E-state index contributed by atoms with van der Waals surface area (Å²) in [5.74, 6) is -0.294. The molecule has 0 aromatic carbocycles. The summed E-state index contributed by atoms with van der Waals surface area (Å²) < 4.78 is 16.4. The van der Waals surface area contributed by atoms with Crippen molar-refractivity contribution in [1.82, 2.24) is 9.55 Å². The highest BCUT2D eigenvalue weighted by atomic mass is 16.5. The fourth-order valence-electron chi connectivity index (χ4n) is 1.39. The second-order valence-electron chi connectivity index (χ2n) is 3.44. The molecule has 0 amide bonds. The molecule has 1 aromatic rings. The van der Waals surface area contributed by atoms with Gasteiger partial charge in [0.15, 0.2) is 5.69 Å². The molecule has 1 heterocycles. The van der Waals surface area contributed by atoms with Crippen molar-refractivity contribution in [2.45, 2.75) is 12.6 Å². The molecule has 1 aromatic heterocycles. The van der Waals surface area contributed by atoms with Gasteiger partial charge in [-0.2, -0.15) is 0 Å². The molecule has 0 aliphatic rings. The van der Waals surface area contributed by atoms with Crippen molar-refractivity contribution in [2.75, 3.05) is 33.7 Å². The maximum Gasteiger partial charge on any atom is 0.360 e. The van der Waals surface area contributed by atoms with Crippen LogP contribution in [0.25, 0.3) is 0 Å². The first-order chi connectivity index (χ1) is 8.13. The van der Waals surface area contributed by atoms with Gasteiger partial charge in [0, 0.05) is 14.2 Å². The molecule has 7 heteroatoms. The van der Waals surface area contributed by atoms with E-state index in [1.165, 1.54) is 13.4 Å². The van der Waals surface area contributed by atoms with Crippen LogP contribution in [0.2, 0.25) is 0 Å². The molecule has 0 aliphatic carbocycles. The summed E-state index contributed by atoms with van der Waals surface area (Å²) in [6.45, 7) is 0.891. The zero-order valence-corrected chi connectivity index (χ0v) is 10.2. The van der Waals surface area contributed by atoms with Crippen LogP contribution in [0, 0.1) is 0 Å². The fourth-order valence-corrected chi connectivity index (χ4v) is 1.39. The van der Waals surface area contributed by atoms with E-state index in [1.54, 1.807) is 18.8 Å². The Labute approximate surface area is 99.5 Å². The Balaban J connectivity index is 2.78. The van der Waals surface area contributed by atoms with Crippen molar-refractivity contribution in [3.8, 4) is 0 Å². The lowest BCUT2D eigenvalue weighted by atomic mass is 10.3. The van der Waals surface area contributed by atoms with E-state index in [2.05, 4.69) is 9.72 Å². The molecule has 7 nitrogen and oxygen atoms in total. The number of nitrogens with two attached hydrogens (primary N) is 1. The summed E-state index contributed by atoms with van der Waals surface area (Å²) in [5, 5.41) is 0. The molecule has 2 N–H and O–H groups in total. The van der Waals surface area contributed by atoms with E-state index in [-0.39, 0.29) is 17.6 Å². The molecule has 0 saturated carbocycles. The smallest absolute Gasteiger partial charge is 0.360 e. The first-order valence-corrected chi connectivity index (χ1v) is 5.04. The van der Waals surface area contributed by atoms with Gasteiger partial charge in [0.25, 0.3) is 0 Å². The molecule has 0 spiro atoms. The molecule has 96 valence electrons. The summed E-state index contributed by atoms with van der Waals surface area (Å²) in [6.07, 6.45) is 1.32. The van der Waals surface area contributed by atoms with Gasteiger partial charge in [-0.25, -0.2) is 9.78 Å². The average molecular weight is 243 g/mol. The topological polar surface area (TPSA) is 88.6 Å². The number of esters is 1. The van der Waals surface area contributed by atoms with Crippen LogP contribution in [0.5, 0.6) is 0 Å². The molecule has 1 rings (SSSR count). The maximum absolute atomic E-state index is 11.3. The molecule has 0 bridgehead atoms. The quantitative estimate of drug-likeness (QED) is 0.703. The highest BCUT2D eigenvalue weighted by Crippen LogP contribution is 2.12. The second-order valence-corrected chi connectivity index (χ2v) is 3.44. The summed E-state index contributed by atoms with van der Waals surface area (Å²) in [6, 6.07) is 0. The average Bonchev–Trinajstić information content (AvgIpc) is 2.69. The van der Waals surface area contributed by atoms with Crippen molar-refractivity contribution >= 4 is 11.8 Å². The third-order valence-electron chi connectivity index (χ3n) is 2.34. The van der Waals surface area contributed by atoms with Crippen LogP contribution in [0.3, 0.4) is 0 Å². The standard InChI is InChI=1S/C10H17N3O4/c1-15-5-7(16-2)4-13-6-12-8(9(13)11)10(14)17-3/h6-7H,4-5,11H2,1-3H3. The minimum atomic E-state index is -0.554. The van der Waals surface area contributed by atoms with Gasteiger partial charge in [-0.05, 0) is 0 Å². The molecule has 0 radical (unpaired) electrons. The number of aromatic nitrogens is 2. The van der Waals surface area contributed by atoms with Gasteiger partial charge < -0.3 is 24.5 Å². The fraction of sp³-hybridized carbons (Fsp3) is 0.600. The van der Waals surface area contributed by atoms with E-state index in [0.29, 0.717) is 13.2 Å². The van der Waals surface area contributed by atoms with Gasteiger partial charge in [-0.3, -0.25) is 0 Å².